The zero-order chi connectivity index (χ0) is 13.8. The molecule has 1 N–H and O–H groups in total. The first-order valence-electron chi connectivity index (χ1n) is 6.75. The lowest BCUT2D eigenvalue weighted by atomic mass is 10.1. The normalized spacial score (nSPS) is 12.4. The van der Waals surface area contributed by atoms with Crippen LogP contribution in [0.4, 0.5) is 0 Å². The Hall–Kier alpha value is -1.74. The van der Waals surface area contributed by atoms with E-state index in [4.69, 9.17) is 0 Å². The molecule has 3 nitrogen and oxygen atoms in total. The molecule has 0 aliphatic heterocycles. The zero-order valence-corrected chi connectivity index (χ0v) is 12.1. The van der Waals surface area contributed by atoms with E-state index in [-0.39, 0.29) is 6.04 Å². The van der Waals surface area contributed by atoms with E-state index in [1.165, 1.54) is 5.56 Å². The minimum Gasteiger partial charge on any atom is -0.310 e. The van der Waals surface area contributed by atoms with Gasteiger partial charge in [0.05, 0.1) is 0 Å². The van der Waals surface area contributed by atoms with Gasteiger partial charge in [-0.1, -0.05) is 36.8 Å². The number of rotatable bonds is 4. The molecule has 0 bridgehead atoms. The number of aryl methyl sites for hydroxylation is 2. The van der Waals surface area contributed by atoms with Crippen LogP contribution in [0.25, 0.3) is 11.4 Å². The van der Waals surface area contributed by atoms with Crippen LogP contribution >= 0.6 is 0 Å². The van der Waals surface area contributed by atoms with Gasteiger partial charge in [0.2, 0.25) is 0 Å². The van der Waals surface area contributed by atoms with Crippen LogP contribution in [-0.2, 0) is 0 Å². The molecule has 0 saturated carbocycles. The number of nitrogens with zero attached hydrogens (tertiary/aromatic N) is 2. The Morgan fingerprint density at radius 3 is 2.42 bits per heavy atom. The van der Waals surface area contributed by atoms with Gasteiger partial charge in [0.1, 0.15) is 0 Å². The lowest BCUT2D eigenvalue weighted by molar-refractivity contribution is 0.590. The third-order valence-electron chi connectivity index (χ3n) is 3.30. The van der Waals surface area contributed by atoms with Gasteiger partial charge in [0.15, 0.2) is 5.82 Å². The summed E-state index contributed by atoms with van der Waals surface area (Å²) in [5.41, 5.74) is 4.52. The molecule has 1 heterocycles. The van der Waals surface area contributed by atoms with E-state index < -0.39 is 0 Å². The molecule has 0 aliphatic carbocycles. The van der Waals surface area contributed by atoms with Crippen molar-refractivity contribution in [1.82, 2.24) is 15.3 Å². The summed E-state index contributed by atoms with van der Waals surface area (Å²) >= 11 is 0. The first-order chi connectivity index (χ1) is 9.11. The highest BCUT2D eigenvalue weighted by Crippen LogP contribution is 2.20. The van der Waals surface area contributed by atoms with Gasteiger partial charge >= 0.3 is 0 Å². The first kappa shape index (κ1) is 13.7. The molecule has 0 spiro atoms. The smallest absolute Gasteiger partial charge is 0.159 e. The maximum absolute atomic E-state index is 4.63. The third kappa shape index (κ3) is 3.18. The van der Waals surface area contributed by atoms with Crippen LogP contribution in [0, 0.1) is 13.8 Å². The number of aromatic nitrogens is 2. The fourth-order valence-electron chi connectivity index (χ4n) is 2.16. The van der Waals surface area contributed by atoms with Gasteiger partial charge in [-0.15, -0.1) is 0 Å². The van der Waals surface area contributed by atoms with Crippen molar-refractivity contribution in [1.29, 1.82) is 0 Å². The average Bonchev–Trinajstić information content (AvgIpc) is 2.39. The van der Waals surface area contributed by atoms with Gasteiger partial charge in [-0.25, -0.2) is 9.97 Å². The summed E-state index contributed by atoms with van der Waals surface area (Å²) in [6, 6.07) is 8.60. The summed E-state index contributed by atoms with van der Waals surface area (Å²) < 4.78 is 0. The van der Waals surface area contributed by atoms with E-state index in [1.807, 2.05) is 13.1 Å². The number of hydrogen-bond donors (Lipinski definition) is 1. The second-order valence-electron chi connectivity index (χ2n) is 4.88. The van der Waals surface area contributed by atoms with Crippen LogP contribution in [0.3, 0.4) is 0 Å². The van der Waals surface area contributed by atoms with Crippen LogP contribution in [0.2, 0.25) is 0 Å². The highest BCUT2D eigenvalue weighted by Gasteiger charge is 2.10. The monoisotopic (exact) mass is 255 g/mol. The number of nitrogens with one attached hydrogen (secondary N) is 1. The standard InChI is InChI=1S/C16H21N3/c1-5-17-12(3)15-10-18-16(19-13(15)4)14-8-6-11(2)7-9-14/h6-10,12,17H,5H2,1-4H3. The van der Waals surface area contributed by atoms with Crippen molar-refractivity contribution >= 4 is 0 Å². The van der Waals surface area contributed by atoms with Crippen molar-refractivity contribution in [3.05, 3.63) is 47.3 Å². The number of benzene rings is 1. The minimum absolute atomic E-state index is 0.289. The lowest BCUT2D eigenvalue weighted by Crippen LogP contribution is -2.19. The van der Waals surface area contributed by atoms with E-state index in [0.29, 0.717) is 0 Å². The highest BCUT2D eigenvalue weighted by molar-refractivity contribution is 5.55. The van der Waals surface area contributed by atoms with Gasteiger partial charge in [0, 0.05) is 29.1 Å². The Bertz CT molecular complexity index is 546. The van der Waals surface area contributed by atoms with Crippen molar-refractivity contribution in [3.63, 3.8) is 0 Å². The Labute approximate surface area is 115 Å². The van der Waals surface area contributed by atoms with Crippen molar-refractivity contribution in [3.8, 4) is 11.4 Å². The molecule has 2 aromatic rings. The summed E-state index contributed by atoms with van der Waals surface area (Å²) in [7, 11) is 0. The topological polar surface area (TPSA) is 37.8 Å². The molecule has 0 radical (unpaired) electrons. The molecule has 2 rings (SSSR count). The molecular formula is C16H21N3. The van der Waals surface area contributed by atoms with Crippen LogP contribution in [0.5, 0.6) is 0 Å². The number of hydrogen-bond acceptors (Lipinski definition) is 3. The van der Waals surface area contributed by atoms with E-state index >= 15 is 0 Å². The predicted octanol–water partition coefficient (Wildman–Crippen LogP) is 3.43. The van der Waals surface area contributed by atoms with Crippen molar-refractivity contribution in [2.45, 2.75) is 33.7 Å². The van der Waals surface area contributed by atoms with Crippen molar-refractivity contribution in [2.75, 3.05) is 6.54 Å². The SMILES string of the molecule is CCNC(C)c1cnc(-c2ccc(C)cc2)nc1C. The molecule has 1 atom stereocenters. The van der Waals surface area contributed by atoms with E-state index in [9.17, 15) is 0 Å². The van der Waals surface area contributed by atoms with Crippen LogP contribution in [0.15, 0.2) is 30.5 Å². The second-order valence-corrected chi connectivity index (χ2v) is 4.88. The molecule has 0 amide bonds. The average molecular weight is 255 g/mol. The zero-order valence-electron chi connectivity index (χ0n) is 12.1. The summed E-state index contributed by atoms with van der Waals surface area (Å²) in [5, 5.41) is 3.39. The van der Waals surface area contributed by atoms with E-state index in [0.717, 1.165) is 29.2 Å². The van der Waals surface area contributed by atoms with Gasteiger partial charge in [0.25, 0.3) is 0 Å². The second kappa shape index (κ2) is 5.93. The maximum atomic E-state index is 4.63. The highest BCUT2D eigenvalue weighted by atomic mass is 14.9. The maximum Gasteiger partial charge on any atom is 0.159 e. The molecule has 1 unspecified atom stereocenters. The molecule has 19 heavy (non-hydrogen) atoms. The summed E-state index contributed by atoms with van der Waals surface area (Å²) in [6.07, 6.45) is 1.94. The largest absolute Gasteiger partial charge is 0.310 e. The van der Waals surface area contributed by atoms with Gasteiger partial charge in [-0.05, 0) is 27.3 Å². The van der Waals surface area contributed by atoms with Gasteiger partial charge in [-0.3, -0.25) is 0 Å². The molecule has 100 valence electrons. The Morgan fingerprint density at radius 1 is 1.16 bits per heavy atom. The molecule has 0 saturated heterocycles. The predicted molar refractivity (Wildman–Crippen MR) is 79.0 cm³/mol. The van der Waals surface area contributed by atoms with Crippen LogP contribution < -0.4 is 5.32 Å². The first-order valence-corrected chi connectivity index (χ1v) is 6.75. The quantitative estimate of drug-likeness (QED) is 0.909. The molecule has 0 aliphatic rings. The molecule has 1 aromatic heterocycles. The van der Waals surface area contributed by atoms with Gasteiger partial charge in [-0.2, -0.15) is 0 Å². The van der Waals surface area contributed by atoms with E-state index in [1.54, 1.807) is 0 Å². The minimum atomic E-state index is 0.289. The fraction of sp³-hybridized carbons (Fsp3) is 0.375. The van der Waals surface area contributed by atoms with Crippen LogP contribution in [0.1, 0.15) is 36.7 Å². The van der Waals surface area contributed by atoms with Crippen LogP contribution in [-0.4, -0.2) is 16.5 Å². The fourth-order valence-corrected chi connectivity index (χ4v) is 2.16. The van der Waals surface area contributed by atoms with Crippen molar-refractivity contribution in [2.24, 2.45) is 0 Å². The Kier molecular flexibility index (Phi) is 4.27. The lowest BCUT2D eigenvalue weighted by Gasteiger charge is -2.15. The molecule has 0 fully saturated rings. The summed E-state index contributed by atoms with van der Waals surface area (Å²) in [6.45, 7) is 9.31. The Balaban J connectivity index is 2.30. The summed E-state index contributed by atoms with van der Waals surface area (Å²) in [4.78, 5) is 9.12. The molecule has 1 aromatic carbocycles. The molecule has 3 heteroatoms. The summed E-state index contributed by atoms with van der Waals surface area (Å²) in [5.74, 6) is 0.796. The van der Waals surface area contributed by atoms with Gasteiger partial charge < -0.3 is 5.32 Å². The van der Waals surface area contributed by atoms with Crippen molar-refractivity contribution < 1.29 is 0 Å². The Morgan fingerprint density at radius 2 is 1.84 bits per heavy atom. The molecular weight excluding hydrogens is 234 g/mol. The third-order valence-corrected chi connectivity index (χ3v) is 3.30. The van der Waals surface area contributed by atoms with E-state index in [2.05, 4.69) is 60.3 Å².